The third-order valence-corrected chi connectivity index (χ3v) is 4.66. The predicted octanol–water partition coefficient (Wildman–Crippen LogP) is 2.94. The van der Waals surface area contributed by atoms with Gasteiger partial charge in [-0.05, 0) is 29.6 Å². The van der Waals surface area contributed by atoms with Gasteiger partial charge in [-0.25, -0.2) is 0 Å². The molecule has 0 aromatic carbocycles. The summed E-state index contributed by atoms with van der Waals surface area (Å²) in [6, 6.07) is 0.468. The zero-order chi connectivity index (χ0) is 9.69. The number of hydrogen-bond acceptors (Lipinski definition) is 1. The van der Waals surface area contributed by atoms with E-state index in [1.807, 2.05) is 0 Å². The van der Waals surface area contributed by atoms with Gasteiger partial charge >= 0.3 is 0 Å². The minimum absolute atomic E-state index is 0.423. The molecular weight excluding hydrogens is 158 g/mol. The van der Waals surface area contributed by atoms with Crippen molar-refractivity contribution in [2.75, 3.05) is 0 Å². The van der Waals surface area contributed by atoms with Gasteiger partial charge in [-0.1, -0.05) is 40.0 Å². The summed E-state index contributed by atoms with van der Waals surface area (Å²) in [7, 11) is 0. The van der Waals surface area contributed by atoms with Gasteiger partial charge in [0.1, 0.15) is 0 Å². The highest BCUT2D eigenvalue weighted by Crippen LogP contribution is 2.63. The van der Waals surface area contributed by atoms with E-state index >= 15 is 0 Å². The summed E-state index contributed by atoms with van der Waals surface area (Å²) in [5.41, 5.74) is 7.15. The van der Waals surface area contributed by atoms with E-state index in [-0.39, 0.29) is 0 Å². The van der Waals surface area contributed by atoms with Gasteiger partial charge in [-0.2, -0.15) is 0 Å². The third kappa shape index (κ3) is 1.32. The van der Waals surface area contributed by atoms with Crippen molar-refractivity contribution in [3.8, 4) is 0 Å². The fourth-order valence-corrected chi connectivity index (χ4v) is 3.68. The molecule has 2 fully saturated rings. The second-order valence-electron chi connectivity index (χ2n) is 6.04. The second kappa shape index (κ2) is 2.73. The average molecular weight is 181 g/mol. The summed E-state index contributed by atoms with van der Waals surface area (Å²) < 4.78 is 0. The van der Waals surface area contributed by atoms with Crippen LogP contribution in [0.15, 0.2) is 0 Å². The van der Waals surface area contributed by atoms with Crippen LogP contribution < -0.4 is 5.73 Å². The van der Waals surface area contributed by atoms with E-state index in [0.717, 1.165) is 5.92 Å². The maximum atomic E-state index is 6.16. The van der Waals surface area contributed by atoms with E-state index in [1.54, 1.807) is 0 Å². The van der Waals surface area contributed by atoms with Crippen LogP contribution in [0.5, 0.6) is 0 Å². The highest BCUT2D eigenvalue weighted by atomic mass is 14.9. The van der Waals surface area contributed by atoms with Crippen LogP contribution >= 0.6 is 0 Å². The van der Waals surface area contributed by atoms with Gasteiger partial charge in [0, 0.05) is 6.04 Å². The Morgan fingerprint density at radius 3 is 1.85 bits per heavy atom. The molecule has 0 radical (unpaired) electrons. The van der Waals surface area contributed by atoms with Crippen LogP contribution in [0.4, 0.5) is 0 Å². The quantitative estimate of drug-likeness (QED) is 0.661. The lowest BCUT2D eigenvalue weighted by Crippen LogP contribution is -2.26. The van der Waals surface area contributed by atoms with Crippen LogP contribution in [0.3, 0.4) is 0 Å². The minimum Gasteiger partial charge on any atom is -0.327 e. The van der Waals surface area contributed by atoms with E-state index in [0.29, 0.717) is 16.9 Å². The molecule has 76 valence electrons. The lowest BCUT2D eigenvalue weighted by atomic mass is 9.70. The molecular formula is C12H23N. The summed E-state index contributed by atoms with van der Waals surface area (Å²) in [4.78, 5) is 0. The largest absolute Gasteiger partial charge is 0.327 e. The molecule has 2 aliphatic rings. The molecule has 2 unspecified atom stereocenters. The Labute approximate surface area is 82.1 Å². The summed E-state index contributed by atoms with van der Waals surface area (Å²) in [6.45, 7) is 7.13. The van der Waals surface area contributed by atoms with Gasteiger partial charge in [0.25, 0.3) is 0 Å². The Kier molecular flexibility index (Phi) is 1.99. The van der Waals surface area contributed by atoms with Crippen molar-refractivity contribution in [2.24, 2.45) is 22.5 Å². The normalized spacial score (nSPS) is 41.5. The molecule has 0 bridgehead atoms. The van der Waals surface area contributed by atoms with Crippen molar-refractivity contribution >= 4 is 0 Å². The van der Waals surface area contributed by atoms with E-state index in [2.05, 4.69) is 20.8 Å². The van der Waals surface area contributed by atoms with Crippen molar-refractivity contribution in [1.82, 2.24) is 0 Å². The van der Waals surface area contributed by atoms with Crippen molar-refractivity contribution in [3.05, 3.63) is 0 Å². The number of rotatable bonds is 1. The van der Waals surface area contributed by atoms with Crippen LogP contribution in [-0.2, 0) is 0 Å². The highest BCUT2D eigenvalue weighted by molar-refractivity contribution is 5.15. The molecule has 0 saturated heterocycles. The van der Waals surface area contributed by atoms with Gasteiger partial charge in [0.05, 0.1) is 0 Å². The number of nitrogens with two attached hydrogens (primary N) is 1. The van der Waals surface area contributed by atoms with E-state index in [4.69, 9.17) is 5.73 Å². The van der Waals surface area contributed by atoms with Crippen molar-refractivity contribution in [3.63, 3.8) is 0 Å². The highest BCUT2D eigenvalue weighted by Gasteiger charge is 2.62. The summed E-state index contributed by atoms with van der Waals surface area (Å²) in [5, 5.41) is 0. The zero-order valence-corrected chi connectivity index (χ0v) is 9.27. The maximum Gasteiger partial charge on any atom is 0.0133 e. The molecule has 0 heterocycles. The molecule has 2 aliphatic carbocycles. The van der Waals surface area contributed by atoms with Crippen LogP contribution in [0.25, 0.3) is 0 Å². The van der Waals surface area contributed by atoms with Crippen molar-refractivity contribution in [1.29, 1.82) is 0 Å². The third-order valence-electron chi connectivity index (χ3n) is 4.66. The minimum atomic E-state index is 0.423. The molecule has 2 rings (SSSR count). The SMILES string of the molecule is CC1(C2C(N)C2(C)C)CCCCC1. The first kappa shape index (κ1) is 9.51. The van der Waals surface area contributed by atoms with Crippen LogP contribution in [0.2, 0.25) is 0 Å². The Morgan fingerprint density at radius 1 is 1.00 bits per heavy atom. The first-order valence-corrected chi connectivity index (χ1v) is 5.74. The molecule has 0 aliphatic heterocycles. The molecule has 2 N–H and O–H groups in total. The Hall–Kier alpha value is -0.0400. The Morgan fingerprint density at radius 2 is 1.46 bits per heavy atom. The molecule has 13 heavy (non-hydrogen) atoms. The monoisotopic (exact) mass is 181 g/mol. The Balaban J connectivity index is 2.08. The molecule has 0 spiro atoms. The van der Waals surface area contributed by atoms with E-state index < -0.39 is 0 Å². The Bertz CT molecular complexity index is 201. The standard InChI is InChI=1S/C12H23N/c1-11(2)9(10(11)13)12(3)7-5-4-6-8-12/h9-10H,4-8,13H2,1-3H3. The van der Waals surface area contributed by atoms with Crippen molar-refractivity contribution in [2.45, 2.75) is 58.9 Å². The first-order chi connectivity index (χ1) is 5.98. The van der Waals surface area contributed by atoms with Crippen LogP contribution in [-0.4, -0.2) is 6.04 Å². The average Bonchev–Trinajstić information content (AvgIpc) is 2.53. The van der Waals surface area contributed by atoms with Gasteiger partial charge < -0.3 is 5.73 Å². The summed E-state index contributed by atoms with van der Waals surface area (Å²) in [5.74, 6) is 0.792. The van der Waals surface area contributed by atoms with Crippen molar-refractivity contribution < 1.29 is 0 Å². The predicted molar refractivity (Wildman–Crippen MR) is 56.4 cm³/mol. The molecule has 0 aromatic rings. The summed E-state index contributed by atoms with van der Waals surface area (Å²) >= 11 is 0. The lowest BCUT2D eigenvalue weighted by molar-refractivity contribution is 0.157. The zero-order valence-electron chi connectivity index (χ0n) is 9.27. The maximum absolute atomic E-state index is 6.16. The van der Waals surface area contributed by atoms with Gasteiger partial charge in [0.15, 0.2) is 0 Å². The van der Waals surface area contributed by atoms with Gasteiger partial charge in [-0.3, -0.25) is 0 Å². The van der Waals surface area contributed by atoms with Crippen LogP contribution in [0, 0.1) is 16.7 Å². The fraction of sp³-hybridized carbons (Fsp3) is 1.00. The van der Waals surface area contributed by atoms with E-state index in [1.165, 1.54) is 32.1 Å². The smallest absolute Gasteiger partial charge is 0.0133 e. The molecule has 2 atom stereocenters. The second-order valence-corrected chi connectivity index (χ2v) is 6.04. The molecule has 0 amide bonds. The fourth-order valence-electron chi connectivity index (χ4n) is 3.68. The first-order valence-electron chi connectivity index (χ1n) is 5.74. The topological polar surface area (TPSA) is 26.0 Å². The number of hydrogen-bond donors (Lipinski definition) is 1. The molecule has 1 heteroatoms. The molecule has 0 aromatic heterocycles. The van der Waals surface area contributed by atoms with Crippen LogP contribution in [0.1, 0.15) is 52.9 Å². The molecule has 1 nitrogen and oxygen atoms in total. The van der Waals surface area contributed by atoms with E-state index in [9.17, 15) is 0 Å². The summed E-state index contributed by atoms with van der Waals surface area (Å²) in [6.07, 6.45) is 7.12. The van der Waals surface area contributed by atoms with Gasteiger partial charge in [0.2, 0.25) is 0 Å². The lowest BCUT2D eigenvalue weighted by Gasteiger charge is -2.35. The van der Waals surface area contributed by atoms with Gasteiger partial charge in [-0.15, -0.1) is 0 Å². The molecule has 2 saturated carbocycles.